The van der Waals surface area contributed by atoms with Crippen LogP contribution in [-0.2, 0) is 29.4 Å². The van der Waals surface area contributed by atoms with Crippen LogP contribution in [0.3, 0.4) is 0 Å². The van der Waals surface area contributed by atoms with E-state index in [1.54, 1.807) is 0 Å². The third kappa shape index (κ3) is 2.92. The maximum absolute atomic E-state index is 12.4. The van der Waals surface area contributed by atoms with Gasteiger partial charge in [0.2, 0.25) is 0 Å². The summed E-state index contributed by atoms with van der Waals surface area (Å²) >= 11 is 3.56. The normalized spacial score (nSPS) is 22.9. The lowest BCUT2D eigenvalue weighted by atomic mass is 9.92. The predicted molar refractivity (Wildman–Crippen MR) is 77.1 cm³/mol. The molecule has 0 amide bonds. The number of aryl methyl sites for hydroxylation is 2. The highest BCUT2D eigenvalue weighted by Gasteiger charge is 2.33. The average Bonchev–Trinajstić information content (AvgIpc) is 2.97. The van der Waals surface area contributed by atoms with Gasteiger partial charge in [0.05, 0.1) is 22.0 Å². The van der Waals surface area contributed by atoms with Crippen LogP contribution in [-0.4, -0.2) is 28.3 Å². The molecule has 1 aliphatic heterocycles. The van der Waals surface area contributed by atoms with Crippen molar-refractivity contribution in [2.75, 3.05) is 6.61 Å². The van der Waals surface area contributed by atoms with E-state index in [1.807, 2.05) is 11.7 Å². The van der Waals surface area contributed by atoms with E-state index < -0.39 is 0 Å². The van der Waals surface area contributed by atoms with Crippen molar-refractivity contribution in [3.05, 3.63) is 15.9 Å². The summed E-state index contributed by atoms with van der Waals surface area (Å²) in [6, 6.07) is 0. The lowest BCUT2D eigenvalue weighted by Gasteiger charge is -2.15. The SMILES string of the molecule is CCc1nn(C)c(CC(=O)C2CCOC2CC)c1Br. The Bertz CT molecular complexity index is 470. The fraction of sp³-hybridized carbons (Fsp3) is 0.714. The molecule has 0 saturated carbocycles. The van der Waals surface area contributed by atoms with Gasteiger partial charge in [0.15, 0.2) is 0 Å². The Kier molecular flexibility index (Phi) is 4.79. The molecule has 0 aliphatic carbocycles. The third-order valence-electron chi connectivity index (χ3n) is 3.87. The lowest BCUT2D eigenvalue weighted by Crippen LogP contribution is -2.25. The van der Waals surface area contributed by atoms with Gasteiger partial charge in [-0.05, 0) is 35.2 Å². The number of rotatable bonds is 5. The Morgan fingerprint density at radius 1 is 1.53 bits per heavy atom. The van der Waals surface area contributed by atoms with E-state index in [0.717, 1.165) is 35.1 Å². The quantitative estimate of drug-likeness (QED) is 0.834. The van der Waals surface area contributed by atoms with Crippen LogP contribution >= 0.6 is 15.9 Å². The summed E-state index contributed by atoms with van der Waals surface area (Å²) in [5, 5.41) is 4.43. The topological polar surface area (TPSA) is 44.1 Å². The molecule has 0 radical (unpaired) electrons. The fourth-order valence-electron chi connectivity index (χ4n) is 2.73. The Balaban J connectivity index is 2.13. The molecule has 0 aromatic carbocycles. The van der Waals surface area contributed by atoms with Crippen LogP contribution in [0.4, 0.5) is 0 Å². The van der Waals surface area contributed by atoms with Crippen LogP contribution in [0, 0.1) is 5.92 Å². The number of hydrogen-bond acceptors (Lipinski definition) is 3. The Labute approximate surface area is 122 Å². The summed E-state index contributed by atoms with van der Waals surface area (Å²) < 4.78 is 8.41. The first-order valence-corrected chi connectivity index (χ1v) is 7.72. The number of Topliss-reactive ketones (excluding diaryl/α,β-unsaturated/α-hetero) is 1. The second-order valence-electron chi connectivity index (χ2n) is 5.04. The third-order valence-corrected chi connectivity index (χ3v) is 4.79. The number of ketones is 1. The van der Waals surface area contributed by atoms with Crippen LogP contribution in [0.25, 0.3) is 0 Å². The molecule has 1 aliphatic rings. The number of carbonyl (C=O) groups excluding carboxylic acids is 1. The molecule has 1 aromatic heterocycles. The van der Waals surface area contributed by atoms with Crippen molar-refractivity contribution in [1.82, 2.24) is 9.78 Å². The molecule has 2 unspecified atom stereocenters. The van der Waals surface area contributed by atoms with Crippen molar-refractivity contribution in [2.45, 2.75) is 45.6 Å². The standard InChI is InChI=1S/C14H21BrN2O2/c1-4-10-14(15)11(17(3)16-10)8-12(18)9-6-7-19-13(9)5-2/h9,13H,4-8H2,1-3H3. The zero-order valence-electron chi connectivity index (χ0n) is 11.8. The maximum atomic E-state index is 12.4. The summed E-state index contributed by atoms with van der Waals surface area (Å²) in [5.41, 5.74) is 1.99. The first-order chi connectivity index (χ1) is 9.08. The van der Waals surface area contributed by atoms with Gasteiger partial charge in [-0.3, -0.25) is 9.48 Å². The smallest absolute Gasteiger partial charge is 0.144 e. The maximum Gasteiger partial charge on any atom is 0.144 e. The lowest BCUT2D eigenvalue weighted by molar-refractivity contribution is -0.124. The number of ether oxygens (including phenoxy) is 1. The molecule has 19 heavy (non-hydrogen) atoms. The van der Waals surface area contributed by atoms with Gasteiger partial charge in [0.25, 0.3) is 0 Å². The van der Waals surface area contributed by atoms with Crippen LogP contribution in [0.15, 0.2) is 4.47 Å². The summed E-state index contributed by atoms with van der Waals surface area (Å²) in [5.74, 6) is 0.326. The average molecular weight is 329 g/mol. The highest BCUT2D eigenvalue weighted by molar-refractivity contribution is 9.10. The van der Waals surface area contributed by atoms with E-state index >= 15 is 0 Å². The number of carbonyl (C=O) groups is 1. The van der Waals surface area contributed by atoms with E-state index in [-0.39, 0.29) is 17.8 Å². The molecule has 0 N–H and O–H groups in total. The first-order valence-electron chi connectivity index (χ1n) is 6.93. The van der Waals surface area contributed by atoms with Crippen molar-refractivity contribution >= 4 is 21.7 Å². The van der Waals surface area contributed by atoms with Crippen LogP contribution in [0.5, 0.6) is 0 Å². The van der Waals surface area contributed by atoms with Crippen LogP contribution in [0.2, 0.25) is 0 Å². The van der Waals surface area contributed by atoms with Gasteiger partial charge < -0.3 is 4.74 Å². The zero-order chi connectivity index (χ0) is 14.0. The van der Waals surface area contributed by atoms with Gasteiger partial charge in [0, 0.05) is 26.0 Å². The van der Waals surface area contributed by atoms with Gasteiger partial charge in [-0.15, -0.1) is 0 Å². The zero-order valence-corrected chi connectivity index (χ0v) is 13.4. The predicted octanol–water partition coefficient (Wildman–Crippen LogP) is 2.67. The number of nitrogens with zero attached hydrogens (tertiary/aromatic N) is 2. The monoisotopic (exact) mass is 328 g/mol. The van der Waals surface area contributed by atoms with E-state index in [4.69, 9.17) is 4.74 Å². The van der Waals surface area contributed by atoms with Crippen molar-refractivity contribution in [3.8, 4) is 0 Å². The highest BCUT2D eigenvalue weighted by Crippen LogP contribution is 2.28. The molecule has 2 heterocycles. The minimum absolute atomic E-state index is 0.0527. The van der Waals surface area contributed by atoms with E-state index in [2.05, 4.69) is 34.9 Å². The molecular weight excluding hydrogens is 308 g/mol. The molecule has 106 valence electrons. The van der Waals surface area contributed by atoms with Crippen molar-refractivity contribution < 1.29 is 9.53 Å². The molecule has 1 aromatic rings. The van der Waals surface area contributed by atoms with Crippen molar-refractivity contribution in [2.24, 2.45) is 13.0 Å². The Hall–Kier alpha value is -0.680. The van der Waals surface area contributed by atoms with Gasteiger partial charge in [-0.2, -0.15) is 5.10 Å². The molecule has 0 spiro atoms. The van der Waals surface area contributed by atoms with E-state index in [0.29, 0.717) is 13.0 Å². The van der Waals surface area contributed by atoms with Crippen LogP contribution in [0.1, 0.15) is 38.1 Å². The molecule has 5 heteroatoms. The molecule has 1 fully saturated rings. The van der Waals surface area contributed by atoms with Gasteiger partial charge in [0.1, 0.15) is 5.78 Å². The van der Waals surface area contributed by atoms with E-state index in [1.165, 1.54) is 0 Å². The van der Waals surface area contributed by atoms with Crippen LogP contribution < -0.4 is 0 Å². The molecule has 1 saturated heterocycles. The second kappa shape index (κ2) is 6.18. The second-order valence-corrected chi connectivity index (χ2v) is 5.83. The Morgan fingerprint density at radius 3 is 2.84 bits per heavy atom. The molecule has 0 bridgehead atoms. The summed E-state index contributed by atoms with van der Waals surface area (Å²) in [4.78, 5) is 12.4. The number of aromatic nitrogens is 2. The minimum atomic E-state index is 0.0527. The summed E-state index contributed by atoms with van der Waals surface area (Å²) in [7, 11) is 1.90. The van der Waals surface area contributed by atoms with Gasteiger partial charge >= 0.3 is 0 Å². The Morgan fingerprint density at radius 2 is 2.26 bits per heavy atom. The fourth-order valence-corrected chi connectivity index (χ4v) is 3.48. The van der Waals surface area contributed by atoms with Crippen molar-refractivity contribution in [3.63, 3.8) is 0 Å². The van der Waals surface area contributed by atoms with Gasteiger partial charge in [-0.25, -0.2) is 0 Å². The number of halogens is 1. The summed E-state index contributed by atoms with van der Waals surface area (Å²) in [6.45, 7) is 4.85. The van der Waals surface area contributed by atoms with E-state index in [9.17, 15) is 4.79 Å². The molecule has 2 rings (SSSR count). The number of hydrogen-bond donors (Lipinski definition) is 0. The largest absolute Gasteiger partial charge is 0.377 e. The minimum Gasteiger partial charge on any atom is -0.377 e. The molecule has 4 nitrogen and oxygen atoms in total. The molecule has 2 atom stereocenters. The summed E-state index contributed by atoms with van der Waals surface area (Å²) in [6.07, 6.45) is 3.17. The first kappa shape index (κ1) is 14.7. The van der Waals surface area contributed by atoms with Crippen molar-refractivity contribution in [1.29, 1.82) is 0 Å². The molecular formula is C14H21BrN2O2. The van der Waals surface area contributed by atoms with Gasteiger partial charge in [-0.1, -0.05) is 13.8 Å². The highest BCUT2D eigenvalue weighted by atomic mass is 79.9.